The van der Waals surface area contributed by atoms with E-state index in [0.717, 1.165) is 29.7 Å². The van der Waals surface area contributed by atoms with Gasteiger partial charge in [0.1, 0.15) is 0 Å². The van der Waals surface area contributed by atoms with Crippen LogP contribution in [0.3, 0.4) is 0 Å². The van der Waals surface area contributed by atoms with Crippen molar-refractivity contribution in [1.82, 2.24) is 5.32 Å². The highest BCUT2D eigenvalue weighted by molar-refractivity contribution is 6.39. The monoisotopic (exact) mass is 367 g/mol. The van der Waals surface area contributed by atoms with Gasteiger partial charge in [-0.15, -0.1) is 0 Å². The van der Waals surface area contributed by atoms with Crippen LogP contribution >= 0.6 is 0 Å². The Morgan fingerprint density at radius 3 is 2.52 bits per heavy atom. The molecule has 0 spiro atoms. The van der Waals surface area contributed by atoms with E-state index in [-0.39, 0.29) is 6.54 Å². The third-order valence-electron chi connectivity index (χ3n) is 4.76. The first-order valence-electron chi connectivity index (χ1n) is 9.03. The fraction of sp³-hybridized carbons (Fsp3) is 0.333. The molecule has 27 heavy (non-hydrogen) atoms. The Labute approximate surface area is 159 Å². The number of carbonyl (C=O) groups excluding carboxylic acids is 2. The zero-order valence-corrected chi connectivity index (χ0v) is 15.9. The summed E-state index contributed by atoms with van der Waals surface area (Å²) in [5.74, 6) is -1.52. The molecule has 0 bridgehead atoms. The van der Waals surface area contributed by atoms with Crippen LogP contribution in [0.1, 0.15) is 28.4 Å². The Kier molecular flexibility index (Phi) is 5.46. The molecule has 0 fully saturated rings. The Morgan fingerprint density at radius 2 is 1.81 bits per heavy atom. The molecule has 0 radical (unpaired) electrons. The molecule has 1 heterocycles. The second kappa shape index (κ2) is 7.80. The molecule has 1 atom stereocenters. The molecule has 6 nitrogen and oxygen atoms in total. The number of aliphatic hydroxyl groups is 1. The first-order valence-corrected chi connectivity index (χ1v) is 9.03. The van der Waals surface area contributed by atoms with Crippen molar-refractivity contribution in [2.24, 2.45) is 0 Å². The Bertz CT molecular complexity index is 859. The van der Waals surface area contributed by atoms with Gasteiger partial charge in [0.25, 0.3) is 0 Å². The van der Waals surface area contributed by atoms with Gasteiger partial charge in [-0.25, -0.2) is 0 Å². The molecule has 3 N–H and O–H groups in total. The van der Waals surface area contributed by atoms with Crippen LogP contribution in [0.4, 0.5) is 11.4 Å². The van der Waals surface area contributed by atoms with E-state index in [1.165, 1.54) is 11.3 Å². The van der Waals surface area contributed by atoms with Crippen molar-refractivity contribution in [2.45, 2.75) is 26.4 Å². The summed E-state index contributed by atoms with van der Waals surface area (Å²) in [6.45, 7) is 4.79. The standard InChI is InChI=1S/C21H25N3O3/c1-13-8-14(2)10-17(9-13)23-21(27)20(26)22-12-19(25)16-4-5-18-15(11-16)6-7-24(18)3/h4-5,8-11,19,25H,6-7,12H2,1-3H3,(H,22,26)(H,23,27). The predicted octanol–water partition coefficient (Wildman–Crippen LogP) is 2.08. The van der Waals surface area contributed by atoms with E-state index in [0.29, 0.717) is 5.69 Å². The number of hydrogen-bond acceptors (Lipinski definition) is 4. The predicted molar refractivity (Wildman–Crippen MR) is 106 cm³/mol. The van der Waals surface area contributed by atoms with Gasteiger partial charge in [0, 0.05) is 31.5 Å². The van der Waals surface area contributed by atoms with E-state index in [1.54, 1.807) is 12.1 Å². The Hall–Kier alpha value is -2.86. The van der Waals surface area contributed by atoms with Crippen LogP contribution in [0.25, 0.3) is 0 Å². The van der Waals surface area contributed by atoms with Crippen molar-refractivity contribution in [3.8, 4) is 0 Å². The number of likely N-dealkylation sites (N-methyl/N-ethyl adjacent to an activating group) is 1. The van der Waals surface area contributed by atoms with Crippen molar-refractivity contribution in [2.75, 3.05) is 30.4 Å². The van der Waals surface area contributed by atoms with Crippen LogP contribution in [-0.4, -0.2) is 37.1 Å². The number of fused-ring (bicyclic) bond motifs is 1. The van der Waals surface area contributed by atoms with Gasteiger partial charge in [0.2, 0.25) is 0 Å². The maximum absolute atomic E-state index is 12.1. The molecule has 3 rings (SSSR count). The second-order valence-corrected chi connectivity index (χ2v) is 7.12. The van der Waals surface area contributed by atoms with E-state index in [1.807, 2.05) is 45.2 Å². The number of carbonyl (C=O) groups is 2. The molecule has 2 amide bonds. The van der Waals surface area contributed by atoms with Crippen molar-refractivity contribution in [1.29, 1.82) is 0 Å². The number of hydrogen-bond donors (Lipinski definition) is 3. The van der Waals surface area contributed by atoms with Gasteiger partial charge in [-0.05, 0) is 60.7 Å². The number of nitrogens with one attached hydrogen (secondary N) is 2. The summed E-state index contributed by atoms with van der Waals surface area (Å²) in [5.41, 5.74) is 5.68. The fourth-order valence-corrected chi connectivity index (χ4v) is 3.42. The summed E-state index contributed by atoms with van der Waals surface area (Å²) in [7, 11) is 2.04. The summed E-state index contributed by atoms with van der Waals surface area (Å²) in [4.78, 5) is 26.3. The Morgan fingerprint density at radius 1 is 1.11 bits per heavy atom. The number of aryl methyl sites for hydroxylation is 2. The molecule has 6 heteroatoms. The van der Waals surface area contributed by atoms with Crippen LogP contribution in [0.2, 0.25) is 0 Å². The normalized spacial score (nSPS) is 13.9. The maximum atomic E-state index is 12.1. The molecule has 2 aromatic carbocycles. The Balaban J connectivity index is 1.56. The van der Waals surface area contributed by atoms with Gasteiger partial charge in [-0.1, -0.05) is 18.2 Å². The number of rotatable bonds is 4. The lowest BCUT2D eigenvalue weighted by molar-refractivity contribution is -0.136. The summed E-state index contributed by atoms with van der Waals surface area (Å²) in [6, 6.07) is 11.4. The molecule has 0 aliphatic carbocycles. The summed E-state index contributed by atoms with van der Waals surface area (Å²) in [5, 5.41) is 15.4. The molecule has 0 aromatic heterocycles. The minimum Gasteiger partial charge on any atom is -0.387 e. The number of nitrogens with zero attached hydrogens (tertiary/aromatic N) is 1. The number of benzene rings is 2. The van der Waals surface area contributed by atoms with Crippen molar-refractivity contribution < 1.29 is 14.7 Å². The van der Waals surface area contributed by atoms with Gasteiger partial charge in [-0.2, -0.15) is 0 Å². The third-order valence-corrected chi connectivity index (χ3v) is 4.76. The molecule has 1 aliphatic rings. The molecular weight excluding hydrogens is 342 g/mol. The highest BCUT2D eigenvalue weighted by Crippen LogP contribution is 2.29. The van der Waals surface area contributed by atoms with Crippen molar-refractivity contribution in [3.63, 3.8) is 0 Å². The van der Waals surface area contributed by atoms with Gasteiger partial charge >= 0.3 is 11.8 Å². The molecule has 1 unspecified atom stereocenters. The molecule has 0 saturated heterocycles. The summed E-state index contributed by atoms with van der Waals surface area (Å²) in [6.07, 6.45) is 0.0797. The van der Waals surface area contributed by atoms with Crippen LogP contribution in [0, 0.1) is 13.8 Å². The molecule has 2 aromatic rings. The molecule has 0 saturated carbocycles. The zero-order chi connectivity index (χ0) is 19.6. The van der Waals surface area contributed by atoms with Crippen LogP contribution in [0.15, 0.2) is 36.4 Å². The smallest absolute Gasteiger partial charge is 0.313 e. The lowest BCUT2D eigenvalue weighted by Gasteiger charge is -2.15. The lowest BCUT2D eigenvalue weighted by atomic mass is 10.0. The SMILES string of the molecule is Cc1cc(C)cc(NC(=O)C(=O)NCC(O)c2ccc3c(c2)CCN3C)c1. The number of aliphatic hydroxyl groups excluding tert-OH is 1. The van der Waals surface area contributed by atoms with E-state index in [9.17, 15) is 14.7 Å². The minimum atomic E-state index is -0.862. The molecule has 142 valence electrons. The average molecular weight is 367 g/mol. The second-order valence-electron chi connectivity index (χ2n) is 7.12. The highest BCUT2D eigenvalue weighted by atomic mass is 16.3. The first-order chi connectivity index (χ1) is 12.8. The third kappa shape index (κ3) is 4.46. The van der Waals surface area contributed by atoms with Crippen LogP contribution in [-0.2, 0) is 16.0 Å². The first kappa shape index (κ1) is 18.9. The van der Waals surface area contributed by atoms with E-state index in [2.05, 4.69) is 15.5 Å². The van der Waals surface area contributed by atoms with Crippen molar-refractivity contribution >= 4 is 23.2 Å². The highest BCUT2D eigenvalue weighted by Gasteiger charge is 2.19. The minimum absolute atomic E-state index is 0.0201. The van der Waals surface area contributed by atoms with Crippen LogP contribution in [0.5, 0.6) is 0 Å². The van der Waals surface area contributed by atoms with E-state index >= 15 is 0 Å². The van der Waals surface area contributed by atoms with Gasteiger partial charge in [-0.3, -0.25) is 9.59 Å². The number of amides is 2. The summed E-state index contributed by atoms with van der Waals surface area (Å²) < 4.78 is 0. The van der Waals surface area contributed by atoms with Crippen molar-refractivity contribution in [3.05, 3.63) is 58.7 Å². The van der Waals surface area contributed by atoms with Crippen LogP contribution < -0.4 is 15.5 Å². The number of anilines is 2. The van der Waals surface area contributed by atoms with Gasteiger partial charge < -0.3 is 20.6 Å². The fourth-order valence-electron chi connectivity index (χ4n) is 3.42. The quantitative estimate of drug-likeness (QED) is 0.723. The largest absolute Gasteiger partial charge is 0.387 e. The van der Waals surface area contributed by atoms with Gasteiger partial charge in [0.15, 0.2) is 0 Å². The van der Waals surface area contributed by atoms with E-state index < -0.39 is 17.9 Å². The molecule has 1 aliphatic heterocycles. The maximum Gasteiger partial charge on any atom is 0.313 e. The van der Waals surface area contributed by atoms with E-state index in [4.69, 9.17) is 0 Å². The summed E-state index contributed by atoms with van der Waals surface area (Å²) >= 11 is 0. The average Bonchev–Trinajstić information content (AvgIpc) is 2.99. The topological polar surface area (TPSA) is 81.7 Å². The lowest BCUT2D eigenvalue weighted by Crippen LogP contribution is -2.37. The van der Waals surface area contributed by atoms with Gasteiger partial charge in [0.05, 0.1) is 6.10 Å². The molecular formula is C21H25N3O3. The zero-order valence-electron chi connectivity index (χ0n) is 15.9.